The molecule has 0 bridgehead atoms. The summed E-state index contributed by atoms with van der Waals surface area (Å²) in [5.41, 5.74) is 32.8. The van der Waals surface area contributed by atoms with Crippen LogP contribution in [0.2, 0.25) is 0 Å². The van der Waals surface area contributed by atoms with Gasteiger partial charge >= 0.3 is 0 Å². The summed E-state index contributed by atoms with van der Waals surface area (Å²) < 4.78 is 2.45. The van der Waals surface area contributed by atoms with E-state index in [0.717, 1.165) is 25.7 Å². The van der Waals surface area contributed by atoms with Gasteiger partial charge in [-0.15, -0.1) is 0 Å². The van der Waals surface area contributed by atoms with Crippen molar-refractivity contribution in [3.63, 3.8) is 0 Å². The molecular formula is C104H114Br2N2. The second-order valence-electron chi connectivity index (χ2n) is 37.3. The zero-order chi connectivity index (χ0) is 77.5. The number of benzene rings is 14. The molecule has 2 aliphatic rings. The maximum Gasteiger partial charge on any atom is 0.0543 e. The van der Waals surface area contributed by atoms with Gasteiger partial charge in [-0.25, -0.2) is 0 Å². The first-order chi connectivity index (χ1) is 50.8. The Labute approximate surface area is 663 Å². The van der Waals surface area contributed by atoms with E-state index in [0.29, 0.717) is 11.8 Å². The molecular weight excluding hydrogens is 1440 g/mol. The molecule has 0 heterocycles. The number of rotatable bonds is 10. The topological polar surface area (TPSA) is 6.48 Å². The predicted octanol–water partition coefficient (Wildman–Crippen LogP) is 31.7. The van der Waals surface area contributed by atoms with E-state index < -0.39 is 0 Å². The number of hydrogen-bond acceptors (Lipinski definition) is 2. The van der Waals surface area contributed by atoms with Gasteiger partial charge in [0.25, 0.3) is 0 Å². The maximum atomic E-state index is 3.90. The van der Waals surface area contributed by atoms with Gasteiger partial charge in [0.1, 0.15) is 0 Å². The van der Waals surface area contributed by atoms with Crippen molar-refractivity contribution in [2.24, 2.45) is 0 Å². The average Bonchev–Trinajstić information content (AvgIpc) is 0.694. The summed E-state index contributed by atoms with van der Waals surface area (Å²) in [6.07, 6.45) is 5.53. The van der Waals surface area contributed by atoms with Crippen molar-refractivity contribution in [3.8, 4) is 0 Å². The predicted molar refractivity (Wildman–Crippen MR) is 481 cm³/mol. The van der Waals surface area contributed by atoms with Crippen molar-refractivity contribution in [2.75, 3.05) is 9.80 Å². The Bertz CT molecular complexity index is 5850. The summed E-state index contributed by atoms with van der Waals surface area (Å²) in [5.74, 6) is 0.815. The number of aryl methyl sites for hydroxylation is 9. The van der Waals surface area contributed by atoms with Crippen LogP contribution in [0.3, 0.4) is 0 Å². The van der Waals surface area contributed by atoms with Gasteiger partial charge in [-0.05, 0) is 323 Å². The second-order valence-corrected chi connectivity index (χ2v) is 39.0. The largest absolute Gasteiger partial charge is 0.309 e. The molecule has 0 saturated carbocycles. The molecule has 0 saturated heterocycles. The molecule has 0 fully saturated rings. The monoisotopic (exact) mass is 1550 g/mol. The summed E-state index contributed by atoms with van der Waals surface area (Å²) >= 11 is 7.77. The fraction of sp³-hybridized carbons (Fsp3) is 0.346. The fourth-order valence-electron chi connectivity index (χ4n) is 17.9. The molecule has 0 aromatic heterocycles. The van der Waals surface area contributed by atoms with Crippen LogP contribution < -0.4 is 9.80 Å². The zero-order valence-corrected chi connectivity index (χ0v) is 72.3. The Morgan fingerprint density at radius 3 is 1.25 bits per heavy atom. The third-order valence-corrected chi connectivity index (χ3v) is 26.1. The second kappa shape index (κ2) is 28.2. The minimum absolute atomic E-state index is 0.000333. The molecule has 554 valence electrons. The molecule has 0 aliphatic heterocycles. The molecule has 0 N–H and O–H groups in total. The number of halogens is 2. The molecule has 4 heteroatoms. The summed E-state index contributed by atoms with van der Waals surface area (Å²) in [6, 6.07) is 70.3. The minimum atomic E-state index is -0.00180. The summed E-state index contributed by atoms with van der Waals surface area (Å²) in [5, 5.41) is 16.8. The highest BCUT2D eigenvalue weighted by Crippen LogP contribution is 2.57. The highest BCUT2D eigenvalue weighted by Gasteiger charge is 2.37. The smallest absolute Gasteiger partial charge is 0.0543 e. The molecule has 0 unspecified atom stereocenters. The van der Waals surface area contributed by atoms with Gasteiger partial charge in [0.2, 0.25) is 0 Å². The lowest BCUT2D eigenvalue weighted by Crippen LogP contribution is -2.24. The van der Waals surface area contributed by atoms with Crippen molar-refractivity contribution < 1.29 is 0 Å². The van der Waals surface area contributed by atoms with Crippen molar-refractivity contribution >= 4 is 131 Å². The van der Waals surface area contributed by atoms with Gasteiger partial charge in [-0.1, -0.05) is 276 Å². The zero-order valence-electron chi connectivity index (χ0n) is 69.2. The van der Waals surface area contributed by atoms with Crippen LogP contribution in [-0.2, 0) is 46.3 Å². The molecule has 16 rings (SSSR count). The summed E-state index contributed by atoms with van der Waals surface area (Å²) in [6.45, 7) is 55.6. The van der Waals surface area contributed by atoms with Crippen LogP contribution in [0.4, 0.5) is 34.1 Å². The lowest BCUT2D eigenvalue weighted by atomic mass is 9.70. The molecule has 0 radical (unpaired) electrons. The Hall–Kier alpha value is -8.28. The third kappa shape index (κ3) is 13.8. The van der Waals surface area contributed by atoms with Crippen LogP contribution in [0.1, 0.15) is 243 Å². The number of para-hydroxylation sites is 2. The van der Waals surface area contributed by atoms with Crippen molar-refractivity contribution in [1.82, 2.24) is 0 Å². The van der Waals surface area contributed by atoms with Gasteiger partial charge in [-0.2, -0.15) is 0 Å². The van der Waals surface area contributed by atoms with Gasteiger partial charge in [0.15, 0.2) is 0 Å². The quantitative estimate of drug-likeness (QED) is 0.126. The highest BCUT2D eigenvalue weighted by atomic mass is 79.9. The molecule has 14 aromatic carbocycles. The first kappa shape index (κ1) is 76.5. The van der Waals surface area contributed by atoms with Crippen LogP contribution in [0, 0.1) is 48.5 Å². The molecule has 2 aliphatic carbocycles. The van der Waals surface area contributed by atoms with Crippen LogP contribution in [0.25, 0.3) is 64.6 Å². The van der Waals surface area contributed by atoms with E-state index in [1.165, 1.54) is 214 Å². The normalized spacial score (nSPS) is 14.2. The Morgan fingerprint density at radius 1 is 0.333 bits per heavy atom. The van der Waals surface area contributed by atoms with Crippen molar-refractivity contribution in [1.29, 1.82) is 0 Å². The molecule has 0 amide bonds. The maximum absolute atomic E-state index is 3.90. The molecule has 14 aromatic rings. The molecule has 2 nitrogen and oxygen atoms in total. The Balaban J connectivity index is 0.000000172. The Kier molecular flexibility index (Phi) is 20.0. The first-order valence-corrected chi connectivity index (χ1v) is 41.5. The van der Waals surface area contributed by atoms with E-state index in [2.05, 4.69) is 390 Å². The lowest BCUT2D eigenvalue weighted by Gasteiger charge is -2.38. The summed E-state index contributed by atoms with van der Waals surface area (Å²) in [4.78, 5) is 5.22. The number of hydrogen-bond donors (Lipinski definition) is 0. The van der Waals surface area contributed by atoms with Crippen LogP contribution in [0.15, 0.2) is 191 Å². The van der Waals surface area contributed by atoms with Crippen molar-refractivity contribution in [3.05, 3.63) is 291 Å². The molecule has 0 spiro atoms. The summed E-state index contributed by atoms with van der Waals surface area (Å²) in [7, 11) is 0. The lowest BCUT2D eigenvalue weighted by molar-refractivity contribution is 0.475. The third-order valence-electron chi connectivity index (χ3n) is 24.7. The SMILES string of the molecule is CC(C)c1cc(Br)c2cc3c4c(cc(Br)c5ccc1c2c54)CCC3(C)C.Cc1ccc(Cc2cc(C(C)(C)C)ccc2C)c(C)c1.Cc1ccccc1N(c1cc(C(C)(C)C)ccc1C)c1cc(C(C)C)c2ccc3c(N(c4ccccc4C)c4cc(C(C)(C)C)ccc4C)cc4c5c(cc1c2c35)C(C)(C)CC4. The van der Waals surface area contributed by atoms with Gasteiger partial charge in [0.05, 0.1) is 11.4 Å². The van der Waals surface area contributed by atoms with E-state index >= 15 is 0 Å². The van der Waals surface area contributed by atoms with Crippen molar-refractivity contribution in [2.45, 2.75) is 237 Å². The van der Waals surface area contributed by atoms with E-state index in [1.54, 1.807) is 0 Å². The van der Waals surface area contributed by atoms with E-state index in [9.17, 15) is 0 Å². The number of anilines is 6. The Morgan fingerprint density at radius 2 is 0.750 bits per heavy atom. The standard InChI is InChI=1S/C60H66N2.C24H22Br2.C20H26/c1-36(2)46-35-54(62(50-22-18-16-20-38(50)4)52-33-43(59(10,11)12)26-24-40(52)6)47-34-48-55-41(29-30-60(48,13)14)31-53(45-28-27-44(46)56(47)57(45)55)61(49-21-17-15-19-37(49)3)51-32-42(58(7,8)9)25-23-39(51)5;1-12(2)16-11-20(26)17-10-18-21-13(7-8-24(18,3)4)9-19(25)15-6-5-14(16)22(17)23(15)21;1-14-7-9-17(16(3)11-14)12-18-13-19(20(4,5)6)10-8-15(18)2/h15-28,31-36H,29-30H2,1-14H3;5-6,9-12H,7-8H2,1-4H3;7-11,13H,12H2,1-6H3. The van der Waals surface area contributed by atoms with E-state index in [1.807, 2.05) is 0 Å². The van der Waals surface area contributed by atoms with Crippen LogP contribution >= 0.6 is 31.9 Å². The van der Waals surface area contributed by atoms with Gasteiger partial charge in [-0.3, -0.25) is 0 Å². The van der Waals surface area contributed by atoms with Gasteiger partial charge in [0, 0.05) is 47.9 Å². The number of nitrogens with zero attached hydrogens (tertiary/aromatic N) is 2. The molecule has 108 heavy (non-hydrogen) atoms. The average molecular weight is 1550 g/mol. The van der Waals surface area contributed by atoms with Gasteiger partial charge < -0.3 is 9.80 Å². The van der Waals surface area contributed by atoms with Crippen LogP contribution in [0.5, 0.6) is 0 Å². The van der Waals surface area contributed by atoms with Crippen LogP contribution in [-0.4, -0.2) is 0 Å². The van der Waals surface area contributed by atoms with E-state index in [4.69, 9.17) is 0 Å². The van der Waals surface area contributed by atoms with E-state index in [-0.39, 0.29) is 27.1 Å². The highest BCUT2D eigenvalue weighted by molar-refractivity contribution is 9.11. The minimum Gasteiger partial charge on any atom is -0.309 e. The first-order valence-electron chi connectivity index (χ1n) is 39.9. The molecule has 0 atom stereocenters. The fourth-order valence-corrected chi connectivity index (χ4v) is 19.0.